The van der Waals surface area contributed by atoms with E-state index in [0.29, 0.717) is 29.6 Å². The second-order valence-corrected chi connectivity index (χ2v) is 4.55. The van der Waals surface area contributed by atoms with E-state index in [1.165, 1.54) is 4.80 Å². The van der Waals surface area contributed by atoms with Crippen LogP contribution in [0.1, 0.15) is 24.3 Å². The maximum atomic E-state index is 11.3. The Kier molecular flexibility index (Phi) is 4.24. The summed E-state index contributed by atoms with van der Waals surface area (Å²) in [6.07, 6.45) is 0. The van der Waals surface area contributed by atoms with E-state index in [4.69, 9.17) is 11.6 Å². The first-order chi connectivity index (χ1) is 9.56. The fourth-order valence-corrected chi connectivity index (χ4v) is 1.99. The molecule has 0 atom stereocenters. The first-order valence-corrected chi connectivity index (χ1v) is 6.66. The van der Waals surface area contributed by atoms with E-state index in [1.54, 1.807) is 24.3 Å². The second kappa shape index (κ2) is 5.92. The number of halogens is 1. The van der Waals surface area contributed by atoms with Crippen LogP contribution in [-0.4, -0.2) is 39.2 Å². The van der Waals surface area contributed by atoms with Crippen molar-refractivity contribution in [2.24, 2.45) is 0 Å². The van der Waals surface area contributed by atoms with Crippen molar-refractivity contribution in [3.05, 3.63) is 35.0 Å². The molecule has 20 heavy (non-hydrogen) atoms. The Morgan fingerprint density at radius 2 is 1.85 bits per heavy atom. The Balaban J connectivity index is 2.48. The Morgan fingerprint density at radius 3 is 2.35 bits per heavy atom. The summed E-state index contributed by atoms with van der Waals surface area (Å²) in [5.74, 6) is -0.718. The molecule has 0 saturated carbocycles. The quantitative estimate of drug-likeness (QED) is 0.917. The van der Waals surface area contributed by atoms with E-state index in [-0.39, 0.29) is 5.69 Å². The predicted octanol–water partition coefficient (Wildman–Crippen LogP) is 2.47. The molecule has 1 N–H and O–H groups in total. The van der Waals surface area contributed by atoms with Crippen LogP contribution in [0.5, 0.6) is 0 Å². The van der Waals surface area contributed by atoms with Gasteiger partial charge in [0.15, 0.2) is 5.82 Å². The molecule has 0 unspecified atom stereocenters. The molecule has 0 radical (unpaired) electrons. The molecule has 106 valence electrons. The van der Waals surface area contributed by atoms with Crippen LogP contribution in [0.4, 0.5) is 5.82 Å². The minimum atomic E-state index is -1.09. The van der Waals surface area contributed by atoms with Crippen LogP contribution in [0.3, 0.4) is 0 Å². The smallest absolute Gasteiger partial charge is 0.360 e. The van der Waals surface area contributed by atoms with Gasteiger partial charge in [0.05, 0.1) is 5.69 Å². The molecular weight excluding hydrogens is 280 g/mol. The molecule has 1 aromatic carbocycles. The molecule has 0 aliphatic rings. The number of carboxylic acids is 1. The van der Waals surface area contributed by atoms with Gasteiger partial charge in [-0.1, -0.05) is 11.6 Å². The summed E-state index contributed by atoms with van der Waals surface area (Å²) < 4.78 is 0. The number of anilines is 1. The van der Waals surface area contributed by atoms with Crippen molar-refractivity contribution >= 4 is 23.4 Å². The van der Waals surface area contributed by atoms with Gasteiger partial charge in [0.1, 0.15) is 0 Å². The lowest BCUT2D eigenvalue weighted by atomic mass is 10.3. The van der Waals surface area contributed by atoms with Crippen molar-refractivity contribution in [2.45, 2.75) is 13.8 Å². The number of hydrogen-bond acceptors (Lipinski definition) is 4. The van der Waals surface area contributed by atoms with Crippen LogP contribution in [-0.2, 0) is 0 Å². The van der Waals surface area contributed by atoms with Crippen molar-refractivity contribution in [3.63, 3.8) is 0 Å². The predicted molar refractivity (Wildman–Crippen MR) is 76.9 cm³/mol. The average molecular weight is 295 g/mol. The molecule has 0 fully saturated rings. The highest BCUT2D eigenvalue weighted by atomic mass is 35.5. The molecule has 2 aromatic rings. The number of carbonyl (C=O) groups is 1. The number of nitrogens with zero attached hydrogens (tertiary/aromatic N) is 4. The molecule has 2 rings (SSSR count). The minimum absolute atomic E-state index is 0.0522. The maximum Gasteiger partial charge on any atom is 0.360 e. The van der Waals surface area contributed by atoms with E-state index in [2.05, 4.69) is 10.2 Å². The first-order valence-electron chi connectivity index (χ1n) is 6.28. The fraction of sp³-hybridized carbons (Fsp3) is 0.308. The van der Waals surface area contributed by atoms with Crippen LogP contribution in [0.15, 0.2) is 24.3 Å². The number of benzene rings is 1. The van der Waals surface area contributed by atoms with Crippen molar-refractivity contribution < 1.29 is 9.90 Å². The number of hydrogen-bond donors (Lipinski definition) is 1. The van der Waals surface area contributed by atoms with E-state index in [9.17, 15) is 9.90 Å². The number of rotatable bonds is 5. The molecule has 7 heteroatoms. The third-order valence-electron chi connectivity index (χ3n) is 2.92. The lowest BCUT2D eigenvalue weighted by Gasteiger charge is -2.17. The molecule has 0 aliphatic heterocycles. The topological polar surface area (TPSA) is 71.2 Å². The van der Waals surface area contributed by atoms with Crippen LogP contribution in [0.25, 0.3) is 5.69 Å². The highest BCUT2D eigenvalue weighted by Gasteiger charge is 2.22. The molecule has 0 saturated heterocycles. The van der Waals surface area contributed by atoms with Gasteiger partial charge < -0.3 is 10.0 Å². The van der Waals surface area contributed by atoms with Crippen LogP contribution < -0.4 is 4.90 Å². The fourth-order valence-electron chi connectivity index (χ4n) is 1.86. The third-order valence-corrected chi connectivity index (χ3v) is 3.17. The Bertz CT molecular complexity index is 605. The minimum Gasteiger partial charge on any atom is -0.476 e. The first kappa shape index (κ1) is 14.3. The van der Waals surface area contributed by atoms with Crippen LogP contribution >= 0.6 is 11.6 Å². The second-order valence-electron chi connectivity index (χ2n) is 4.12. The number of carboxylic acid groups (broad SMARTS) is 1. The summed E-state index contributed by atoms with van der Waals surface area (Å²) in [4.78, 5) is 14.5. The Hall–Kier alpha value is -2.08. The maximum absolute atomic E-state index is 11.3. The summed E-state index contributed by atoms with van der Waals surface area (Å²) in [5, 5.41) is 18.2. The van der Waals surface area contributed by atoms with E-state index < -0.39 is 5.97 Å². The van der Waals surface area contributed by atoms with Crippen LogP contribution in [0, 0.1) is 0 Å². The van der Waals surface area contributed by atoms with Crippen molar-refractivity contribution in [1.29, 1.82) is 0 Å². The van der Waals surface area contributed by atoms with E-state index in [0.717, 1.165) is 0 Å². The van der Waals surface area contributed by atoms with E-state index >= 15 is 0 Å². The summed E-state index contributed by atoms with van der Waals surface area (Å²) in [6.45, 7) is 5.21. The molecule has 1 aromatic heterocycles. The van der Waals surface area contributed by atoms with Gasteiger partial charge >= 0.3 is 5.97 Å². The Labute approximate surface area is 121 Å². The molecular formula is C13H15ClN4O2. The van der Waals surface area contributed by atoms with Gasteiger partial charge in [-0.05, 0) is 38.1 Å². The highest BCUT2D eigenvalue weighted by molar-refractivity contribution is 6.30. The summed E-state index contributed by atoms with van der Waals surface area (Å²) in [5.41, 5.74) is 0.610. The van der Waals surface area contributed by atoms with Gasteiger partial charge in [0.25, 0.3) is 0 Å². The zero-order valence-corrected chi connectivity index (χ0v) is 12.0. The highest BCUT2D eigenvalue weighted by Crippen LogP contribution is 2.19. The lowest BCUT2D eigenvalue weighted by molar-refractivity contribution is 0.0690. The van der Waals surface area contributed by atoms with Gasteiger partial charge in [0, 0.05) is 18.1 Å². The largest absolute Gasteiger partial charge is 0.476 e. The molecule has 1 heterocycles. The third kappa shape index (κ3) is 2.75. The summed E-state index contributed by atoms with van der Waals surface area (Å²) in [6, 6.07) is 6.88. The normalized spacial score (nSPS) is 10.6. The monoisotopic (exact) mass is 294 g/mol. The molecule has 0 spiro atoms. The van der Waals surface area contributed by atoms with E-state index in [1.807, 2.05) is 18.7 Å². The summed E-state index contributed by atoms with van der Waals surface area (Å²) in [7, 11) is 0. The van der Waals surface area contributed by atoms with Gasteiger partial charge in [-0.15, -0.1) is 15.0 Å². The van der Waals surface area contributed by atoms with Gasteiger partial charge in [-0.25, -0.2) is 4.79 Å². The average Bonchev–Trinajstić information content (AvgIpc) is 2.86. The molecule has 0 amide bonds. The van der Waals surface area contributed by atoms with Crippen molar-refractivity contribution in [3.8, 4) is 5.69 Å². The molecule has 0 aliphatic carbocycles. The zero-order chi connectivity index (χ0) is 14.7. The lowest BCUT2D eigenvalue weighted by Crippen LogP contribution is -2.24. The zero-order valence-electron chi connectivity index (χ0n) is 11.2. The van der Waals surface area contributed by atoms with Crippen molar-refractivity contribution in [2.75, 3.05) is 18.0 Å². The number of aromatic nitrogens is 3. The van der Waals surface area contributed by atoms with Gasteiger partial charge in [-0.3, -0.25) is 0 Å². The van der Waals surface area contributed by atoms with Crippen LogP contribution in [0.2, 0.25) is 5.02 Å². The Morgan fingerprint density at radius 1 is 1.25 bits per heavy atom. The van der Waals surface area contributed by atoms with Gasteiger partial charge in [0.2, 0.25) is 5.69 Å². The standard InChI is InChI=1S/C13H15ClN4O2/c1-3-17(4-2)12-11(13(19)20)15-18(16-12)10-7-5-9(14)6-8-10/h5-8H,3-4H2,1-2H3,(H,19,20). The molecule has 6 nitrogen and oxygen atoms in total. The SMILES string of the molecule is CCN(CC)c1nn(-c2ccc(Cl)cc2)nc1C(=O)O. The summed E-state index contributed by atoms with van der Waals surface area (Å²) >= 11 is 5.83. The van der Waals surface area contributed by atoms with Gasteiger partial charge in [-0.2, -0.15) is 0 Å². The van der Waals surface area contributed by atoms with Crippen molar-refractivity contribution in [1.82, 2.24) is 15.0 Å². The molecule has 0 bridgehead atoms. The number of aromatic carboxylic acids is 1.